The zero-order chi connectivity index (χ0) is 32.5. The van der Waals surface area contributed by atoms with Gasteiger partial charge in [0.25, 0.3) is 5.91 Å². The summed E-state index contributed by atoms with van der Waals surface area (Å²) in [4.78, 5) is 69.3. The highest BCUT2D eigenvalue weighted by atomic mass is 16.5. The Bertz CT molecular complexity index is 1360. The zero-order valence-corrected chi connectivity index (χ0v) is 26.1. The first-order valence-corrected chi connectivity index (χ1v) is 15.4. The van der Waals surface area contributed by atoms with Crippen molar-refractivity contribution < 1.29 is 33.4 Å². The van der Waals surface area contributed by atoms with Crippen LogP contribution in [-0.2, 0) is 30.3 Å². The van der Waals surface area contributed by atoms with Gasteiger partial charge in [-0.1, -0.05) is 42.5 Å². The maximum absolute atomic E-state index is 13.8. The molecule has 2 aromatic carbocycles. The molecule has 45 heavy (non-hydrogen) atoms. The number of rotatable bonds is 6. The minimum atomic E-state index is -1.03. The number of nitrogens with zero attached hydrogens (tertiary/aromatic N) is 2. The molecule has 0 spiro atoms. The van der Waals surface area contributed by atoms with Crippen LogP contribution >= 0.6 is 0 Å². The lowest BCUT2D eigenvalue weighted by atomic mass is 10.0. The maximum atomic E-state index is 13.8. The Kier molecular flexibility index (Phi) is 11.5. The second-order valence-electron chi connectivity index (χ2n) is 11.8. The number of hydrogen-bond donors (Lipinski definition) is 3. The minimum Gasteiger partial charge on any atom is -0.491 e. The van der Waals surface area contributed by atoms with Crippen LogP contribution in [-0.4, -0.2) is 96.4 Å². The van der Waals surface area contributed by atoms with Crippen molar-refractivity contribution in [3.05, 3.63) is 65.7 Å². The third-order valence-electron chi connectivity index (χ3n) is 8.08. The second kappa shape index (κ2) is 15.5. The number of para-hydroxylation sites is 1. The summed E-state index contributed by atoms with van der Waals surface area (Å²) in [5.74, 6) is -2.05. The predicted octanol–water partition coefficient (Wildman–Crippen LogP) is 1.41. The Labute approximate surface area is 263 Å². The van der Waals surface area contributed by atoms with Gasteiger partial charge in [0.2, 0.25) is 23.6 Å². The molecule has 0 radical (unpaired) electrons. The lowest BCUT2D eigenvalue weighted by molar-refractivity contribution is -0.145. The van der Waals surface area contributed by atoms with Crippen molar-refractivity contribution >= 4 is 29.5 Å². The molecule has 1 saturated heterocycles. The van der Waals surface area contributed by atoms with Crippen LogP contribution in [0.2, 0.25) is 0 Å². The van der Waals surface area contributed by atoms with Gasteiger partial charge < -0.3 is 35.6 Å². The molecule has 12 nitrogen and oxygen atoms in total. The van der Waals surface area contributed by atoms with Gasteiger partial charge in [-0.15, -0.1) is 0 Å². The van der Waals surface area contributed by atoms with E-state index in [4.69, 9.17) is 15.2 Å². The number of fused-ring (bicyclic) bond motifs is 1. The van der Waals surface area contributed by atoms with Crippen LogP contribution in [0.1, 0.15) is 55.5 Å². The summed E-state index contributed by atoms with van der Waals surface area (Å²) in [5.41, 5.74) is 6.58. The summed E-state index contributed by atoms with van der Waals surface area (Å²) in [6, 6.07) is 13.7. The third-order valence-corrected chi connectivity index (χ3v) is 8.08. The molecular formula is C33H43N5O7. The van der Waals surface area contributed by atoms with Crippen molar-refractivity contribution in [1.29, 1.82) is 0 Å². The molecule has 2 aromatic rings. The normalized spacial score (nSPS) is 25.1. The van der Waals surface area contributed by atoms with E-state index in [9.17, 15) is 24.0 Å². The number of ether oxygens (including phenoxy) is 2. The lowest BCUT2D eigenvalue weighted by Gasteiger charge is -2.37. The van der Waals surface area contributed by atoms with Gasteiger partial charge in [0.15, 0.2) is 0 Å². The molecule has 0 aliphatic carbocycles. The van der Waals surface area contributed by atoms with E-state index in [-0.39, 0.29) is 56.0 Å². The largest absolute Gasteiger partial charge is 0.491 e. The number of nitrogens with one attached hydrogen (secondary N) is 2. The summed E-state index contributed by atoms with van der Waals surface area (Å²) in [6.45, 7) is 4.47. The van der Waals surface area contributed by atoms with E-state index in [0.717, 1.165) is 5.56 Å². The Morgan fingerprint density at radius 2 is 1.62 bits per heavy atom. The highest BCUT2D eigenvalue weighted by Crippen LogP contribution is 2.22. The molecule has 4 rings (SSSR count). The molecule has 0 saturated carbocycles. The van der Waals surface area contributed by atoms with Crippen LogP contribution in [0.25, 0.3) is 0 Å². The van der Waals surface area contributed by atoms with Gasteiger partial charge in [0.05, 0.1) is 23.8 Å². The molecular weight excluding hydrogens is 578 g/mol. The van der Waals surface area contributed by atoms with Crippen molar-refractivity contribution in [1.82, 2.24) is 20.4 Å². The fourth-order valence-corrected chi connectivity index (χ4v) is 5.74. The van der Waals surface area contributed by atoms with Gasteiger partial charge in [-0.2, -0.15) is 0 Å². The van der Waals surface area contributed by atoms with Crippen LogP contribution in [0.15, 0.2) is 54.6 Å². The number of nitrogens with two attached hydrogens (primary N) is 1. The summed E-state index contributed by atoms with van der Waals surface area (Å²) < 4.78 is 12.0. The number of hydrogen-bond acceptors (Lipinski definition) is 7. The maximum Gasteiger partial charge on any atom is 0.255 e. The Balaban J connectivity index is 1.67. The smallest absolute Gasteiger partial charge is 0.255 e. The number of carbonyl (C=O) groups excluding carboxylic acids is 5. The van der Waals surface area contributed by atoms with E-state index in [2.05, 4.69) is 10.6 Å². The second-order valence-corrected chi connectivity index (χ2v) is 11.8. The van der Waals surface area contributed by atoms with Gasteiger partial charge in [-0.05, 0) is 50.8 Å². The number of amides is 5. The van der Waals surface area contributed by atoms with Crippen molar-refractivity contribution in [2.24, 2.45) is 5.73 Å². The molecule has 0 aromatic heterocycles. The van der Waals surface area contributed by atoms with E-state index in [1.54, 1.807) is 36.2 Å². The van der Waals surface area contributed by atoms with Crippen LogP contribution < -0.4 is 21.1 Å². The van der Waals surface area contributed by atoms with E-state index >= 15 is 0 Å². The number of morpholine rings is 1. The fourth-order valence-electron chi connectivity index (χ4n) is 5.74. The summed E-state index contributed by atoms with van der Waals surface area (Å²) in [6.07, 6.45) is -0.209. The average Bonchev–Trinajstić information content (AvgIpc) is 3.01. The topological polar surface area (TPSA) is 160 Å². The van der Waals surface area contributed by atoms with Crippen LogP contribution in [0.4, 0.5) is 0 Å². The number of likely N-dealkylation sites (N-methyl/N-ethyl adjacent to an activating group) is 1. The highest BCUT2D eigenvalue weighted by molar-refractivity contribution is 6.00. The summed E-state index contributed by atoms with van der Waals surface area (Å²) in [7, 11) is 1.62. The Morgan fingerprint density at radius 1 is 0.956 bits per heavy atom. The number of benzene rings is 2. The molecule has 242 valence electrons. The highest BCUT2D eigenvalue weighted by Gasteiger charge is 2.34. The van der Waals surface area contributed by atoms with Crippen molar-refractivity contribution in [3.63, 3.8) is 0 Å². The molecule has 0 unspecified atom stereocenters. The molecule has 12 heteroatoms. The molecule has 5 amide bonds. The molecule has 0 bridgehead atoms. The predicted molar refractivity (Wildman–Crippen MR) is 166 cm³/mol. The average molecular weight is 622 g/mol. The van der Waals surface area contributed by atoms with E-state index in [1.165, 1.54) is 4.90 Å². The summed E-state index contributed by atoms with van der Waals surface area (Å²) in [5, 5.41) is 5.59. The number of carbonyl (C=O) groups is 5. The Morgan fingerprint density at radius 3 is 2.31 bits per heavy atom. The van der Waals surface area contributed by atoms with Crippen LogP contribution in [0.5, 0.6) is 5.75 Å². The quantitative estimate of drug-likeness (QED) is 0.440. The molecule has 4 N–H and O–H groups in total. The van der Waals surface area contributed by atoms with Gasteiger partial charge in [0, 0.05) is 33.0 Å². The van der Waals surface area contributed by atoms with Crippen molar-refractivity contribution in [2.45, 2.75) is 76.3 Å². The van der Waals surface area contributed by atoms with Gasteiger partial charge in [-0.25, -0.2) is 0 Å². The van der Waals surface area contributed by atoms with E-state index < -0.39 is 41.8 Å². The third kappa shape index (κ3) is 9.27. The number of primary amides is 1. The molecule has 2 aliphatic heterocycles. The summed E-state index contributed by atoms with van der Waals surface area (Å²) >= 11 is 0. The van der Waals surface area contributed by atoms with Crippen LogP contribution in [0, 0.1) is 0 Å². The van der Waals surface area contributed by atoms with Gasteiger partial charge >= 0.3 is 0 Å². The lowest BCUT2D eigenvalue weighted by Crippen LogP contribution is -2.55. The molecule has 5 atom stereocenters. The standard InChI is InChI=1S/C33H43N5O7/c1-21-18-38(19-22(2)45-21)33(43)27-14-16-30(40)35-26(13-15-29(34)39)32(42)37(3)24(17-23-9-5-4-6-10-23)20-44-28-12-8-7-11-25(28)31(41)36-27/h4-12,21-22,24,26-27H,13-20H2,1-3H3,(H2,34,39)(H,35,40)(H,36,41)/t21-,22+,24-,26+,27+/m1/s1. The first kappa shape index (κ1) is 33.4. The molecule has 1 fully saturated rings. The van der Waals surface area contributed by atoms with E-state index in [1.807, 2.05) is 44.2 Å². The fraction of sp³-hybridized carbons (Fsp3) is 0.485. The first-order chi connectivity index (χ1) is 21.5. The first-order valence-electron chi connectivity index (χ1n) is 15.4. The minimum absolute atomic E-state index is 0.00858. The molecule has 2 heterocycles. The van der Waals surface area contributed by atoms with Crippen molar-refractivity contribution in [3.8, 4) is 5.75 Å². The Hall–Kier alpha value is -4.45. The van der Waals surface area contributed by atoms with E-state index in [0.29, 0.717) is 25.3 Å². The van der Waals surface area contributed by atoms with Gasteiger partial charge in [-0.3, -0.25) is 24.0 Å². The molecule has 2 aliphatic rings. The van der Waals surface area contributed by atoms with Crippen LogP contribution in [0.3, 0.4) is 0 Å². The SMILES string of the molecule is C[C@@H]1CN(C(=O)[C@@H]2CCC(=O)N[C@@H](CCC(N)=O)C(=O)N(C)[C@H](Cc3ccccc3)COc3ccccc3C(=O)N2)C[C@H](C)O1. The van der Waals surface area contributed by atoms with Crippen molar-refractivity contribution in [2.75, 3.05) is 26.7 Å². The van der Waals surface area contributed by atoms with Gasteiger partial charge in [0.1, 0.15) is 24.4 Å². The monoisotopic (exact) mass is 621 g/mol. The zero-order valence-electron chi connectivity index (χ0n) is 26.1.